The number of piperidine rings is 1. The lowest BCUT2D eigenvalue weighted by Gasteiger charge is -2.31. The molecule has 2 aromatic rings. The summed E-state index contributed by atoms with van der Waals surface area (Å²) in [6, 6.07) is 3.34. The molecule has 5 nitrogen and oxygen atoms in total. The zero-order valence-corrected chi connectivity index (χ0v) is 11.8. The molecule has 20 heavy (non-hydrogen) atoms. The van der Waals surface area contributed by atoms with Crippen molar-refractivity contribution >= 4 is 17.0 Å². The summed E-state index contributed by atoms with van der Waals surface area (Å²) in [5, 5.41) is 0. The highest BCUT2D eigenvalue weighted by atomic mass is 19.1. The monoisotopic (exact) mass is 278 g/mol. The summed E-state index contributed by atoms with van der Waals surface area (Å²) in [5.41, 5.74) is 7.45. The average molecular weight is 278 g/mol. The van der Waals surface area contributed by atoms with Crippen LogP contribution in [0.4, 0.5) is 10.3 Å². The van der Waals surface area contributed by atoms with Gasteiger partial charge in [0.15, 0.2) is 11.6 Å². The lowest BCUT2D eigenvalue weighted by molar-refractivity contribution is 0.216. The van der Waals surface area contributed by atoms with Crippen molar-refractivity contribution in [3.05, 3.63) is 17.9 Å². The molecule has 0 saturated carbocycles. The van der Waals surface area contributed by atoms with Crippen molar-refractivity contribution in [2.24, 2.45) is 0 Å². The molecule has 0 bridgehead atoms. The lowest BCUT2D eigenvalue weighted by Crippen LogP contribution is -2.33. The first-order valence-electron chi connectivity index (χ1n) is 6.79. The van der Waals surface area contributed by atoms with E-state index in [1.165, 1.54) is 13.2 Å². The quantitative estimate of drug-likeness (QED) is 0.913. The van der Waals surface area contributed by atoms with Gasteiger partial charge in [0.25, 0.3) is 0 Å². The number of nitrogen functional groups attached to an aromatic ring is 1. The molecule has 1 atom stereocenters. The molecule has 3 rings (SSSR count). The first-order chi connectivity index (χ1) is 9.60. The maximum Gasteiger partial charge on any atom is 0.201 e. The number of likely N-dealkylation sites (N-methyl/N-ethyl adjacent to an activating group) is 1. The van der Waals surface area contributed by atoms with Crippen LogP contribution in [-0.4, -0.2) is 41.7 Å². The molecule has 1 saturated heterocycles. The van der Waals surface area contributed by atoms with Crippen LogP contribution in [0.15, 0.2) is 12.1 Å². The Morgan fingerprint density at radius 1 is 1.45 bits per heavy atom. The number of imidazole rings is 1. The molecule has 1 aromatic carbocycles. The standard InChI is InChI=1S/C14H19FN4O/c1-18-5-3-4-9(8-18)19-12-7-13(20-2)10(15)6-11(12)17-14(19)16/h6-7,9H,3-5,8H2,1-2H3,(H2,16,17). The summed E-state index contributed by atoms with van der Waals surface area (Å²) < 4.78 is 20.8. The highest BCUT2D eigenvalue weighted by Gasteiger charge is 2.23. The van der Waals surface area contributed by atoms with Crippen LogP contribution in [0, 0.1) is 5.82 Å². The molecule has 1 fully saturated rings. The normalized spacial score (nSPS) is 20.4. The highest BCUT2D eigenvalue weighted by Crippen LogP contribution is 2.31. The molecule has 0 amide bonds. The number of likely N-dealkylation sites (tertiary alicyclic amines) is 1. The minimum absolute atomic E-state index is 0.225. The molecule has 1 aliphatic heterocycles. The first kappa shape index (κ1) is 13.2. The second-order valence-electron chi connectivity index (χ2n) is 5.37. The van der Waals surface area contributed by atoms with Crippen molar-refractivity contribution in [1.82, 2.24) is 14.5 Å². The van der Waals surface area contributed by atoms with Crippen molar-refractivity contribution in [1.29, 1.82) is 0 Å². The van der Waals surface area contributed by atoms with Gasteiger partial charge in [-0.05, 0) is 26.4 Å². The van der Waals surface area contributed by atoms with E-state index in [9.17, 15) is 4.39 Å². The van der Waals surface area contributed by atoms with Crippen LogP contribution in [0.1, 0.15) is 18.9 Å². The van der Waals surface area contributed by atoms with E-state index in [0.29, 0.717) is 11.5 Å². The second-order valence-corrected chi connectivity index (χ2v) is 5.37. The maximum atomic E-state index is 13.7. The molecule has 0 radical (unpaired) electrons. The Balaban J connectivity index is 2.11. The fourth-order valence-electron chi connectivity index (χ4n) is 3.01. The Bertz CT molecular complexity index is 640. The minimum Gasteiger partial charge on any atom is -0.494 e. The molecule has 1 aromatic heterocycles. The number of halogens is 1. The topological polar surface area (TPSA) is 56.3 Å². The summed E-state index contributed by atoms with van der Waals surface area (Å²) in [5.74, 6) is 0.251. The SMILES string of the molecule is COc1cc2c(cc1F)nc(N)n2C1CCCN(C)C1. The van der Waals surface area contributed by atoms with Crippen LogP contribution in [0.3, 0.4) is 0 Å². The lowest BCUT2D eigenvalue weighted by atomic mass is 10.1. The van der Waals surface area contributed by atoms with Gasteiger partial charge in [0.05, 0.1) is 18.1 Å². The average Bonchev–Trinajstić information content (AvgIpc) is 2.72. The van der Waals surface area contributed by atoms with E-state index in [4.69, 9.17) is 10.5 Å². The van der Waals surface area contributed by atoms with Crippen molar-refractivity contribution in [2.45, 2.75) is 18.9 Å². The fraction of sp³-hybridized carbons (Fsp3) is 0.500. The maximum absolute atomic E-state index is 13.7. The number of ether oxygens (including phenoxy) is 1. The Labute approximate surface area is 117 Å². The molecule has 1 unspecified atom stereocenters. The second kappa shape index (κ2) is 4.94. The summed E-state index contributed by atoms with van der Waals surface area (Å²) in [6.45, 7) is 2.02. The van der Waals surface area contributed by atoms with Crippen molar-refractivity contribution in [2.75, 3.05) is 33.0 Å². The molecule has 2 heterocycles. The van der Waals surface area contributed by atoms with E-state index in [-0.39, 0.29) is 11.8 Å². The molecule has 1 aliphatic rings. The van der Waals surface area contributed by atoms with Gasteiger partial charge in [0, 0.05) is 24.7 Å². The van der Waals surface area contributed by atoms with E-state index in [2.05, 4.69) is 16.9 Å². The number of hydrogen-bond donors (Lipinski definition) is 1. The molecular formula is C14H19FN4O. The van der Waals surface area contributed by atoms with Crippen LogP contribution >= 0.6 is 0 Å². The van der Waals surface area contributed by atoms with Gasteiger partial charge in [-0.3, -0.25) is 0 Å². The molecule has 108 valence electrons. The Kier molecular flexibility index (Phi) is 3.25. The number of nitrogens with two attached hydrogens (primary N) is 1. The largest absolute Gasteiger partial charge is 0.494 e. The Hall–Kier alpha value is -1.82. The number of anilines is 1. The summed E-state index contributed by atoms with van der Waals surface area (Å²) >= 11 is 0. The van der Waals surface area contributed by atoms with Gasteiger partial charge in [-0.25, -0.2) is 9.37 Å². The third kappa shape index (κ3) is 2.10. The molecule has 6 heteroatoms. The number of hydrogen-bond acceptors (Lipinski definition) is 4. The summed E-state index contributed by atoms with van der Waals surface area (Å²) in [6.07, 6.45) is 2.18. The first-order valence-corrected chi connectivity index (χ1v) is 6.79. The third-order valence-electron chi connectivity index (χ3n) is 3.96. The number of rotatable bonds is 2. The predicted octanol–water partition coefficient (Wildman–Crippen LogP) is 2.03. The van der Waals surface area contributed by atoms with Crippen LogP contribution in [-0.2, 0) is 0 Å². The number of fused-ring (bicyclic) bond motifs is 1. The summed E-state index contributed by atoms with van der Waals surface area (Å²) in [7, 11) is 3.56. The van der Waals surface area contributed by atoms with Gasteiger partial charge in [-0.2, -0.15) is 0 Å². The molecule has 2 N–H and O–H groups in total. The molecular weight excluding hydrogens is 259 g/mol. The number of methoxy groups -OCH3 is 1. The zero-order chi connectivity index (χ0) is 14.3. The van der Waals surface area contributed by atoms with Crippen molar-refractivity contribution < 1.29 is 9.13 Å². The van der Waals surface area contributed by atoms with Crippen LogP contribution in [0.25, 0.3) is 11.0 Å². The predicted molar refractivity (Wildman–Crippen MR) is 76.4 cm³/mol. The molecule has 0 spiro atoms. The van der Waals surface area contributed by atoms with Gasteiger partial charge >= 0.3 is 0 Å². The van der Waals surface area contributed by atoms with Gasteiger partial charge in [0.2, 0.25) is 5.95 Å². The zero-order valence-electron chi connectivity index (χ0n) is 11.8. The van der Waals surface area contributed by atoms with Gasteiger partial charge in [0.1, 0.15) is 0 Å². The van der Waals surface area contributed by atoms with Crippen molar-refractivity contribution in [3.8, 4) is 5.75 Å². The number of benzene rings is 1. The van der Waals surface area contributed by atoms with Crippen LogP contribution < -0.4 is 10.5 Å². The van der Waals surface area contributed by atoms with E-state index < -0.39 is 5.82 Å². The third-order valence-corrected chi connectivity index (χ3v) is 3.96. The smallest absolute Gasteiger partial charge is 0.201 e. The summed E-state index contributed by atoms with van der Waals surface area (Å²) in [4.78, 5) is 6.55. The Morgan fingerprint density at radius 2 is 2.25 bits per heavy atom. The van der Waals surface area contributed by atoms with E-state index >= 15 is 0 Å². The van der Waals surface area contributed by atoms with Crippen LogP contribution in [0.5, 0.6) is 5.75 Å². The van der Waals surface area contributed by atoms with Gasteiger partial charge in [-0.1, -0.05) is 0 Å². The Morgan fingerprint density at radius 3 is 2.95 bits per heavy atom. The molecule has 0 aliphatic carbocycles. The highest BCUT2D eigenvalue weighted by molar-refractivity contribution is 5.80. The van der Waals surface area contributed by atoms with E-state index in [0.717, 1.165) is 31.4 Å². The van der Waals surface area contributed by atoms with Gasteiger partial charge < -0.3 is 19.9 Å². The number of nitrogens with zero attached hydrogens (tertiary/aromatic N) is 3. The number of aromatic nitrogens is 2. The van der Waals surface area contributed by atoms with Crippen molar-refractivity contribution in [3.63, 3.8) is 0 Å². The van der Waals surface area contributed by atoms with Crippen LogP contribution in [0.2, 0.25) is 0 Å². The van der Waals surface area contributed by atoms with E-state index in [1.807, 2.05) is 4.57 Å². The fourth-order valence-corrected chi connectivity index (χ4v) is 3.01. The van der Waals surface area contributed by atoms with E-state index in [1.54, 1.807) is 6.07 Å². The van der Waals surface area contributed by atoms with Gasteiger partial charge in [-0.15, -0.1) is 0 Å². The minimum atomic E-state index is -0.412.